The highest BCUT2D eigenvalue weighted by Crippen LogP contribution is 2.47. The Hall–Kier alpha value is -0.410. The third kappa shape index (κ3) is 1.98. The predicted molar refractivity (Wildman–Crippen MR) is 58.9 cm³/mol. The Bertz CT molecular complexity index is 340. The van der Waals surface area contributed by atoms with Crippen molar-refractivity contribution in [3.8, 4) is 0 Å². The first-order valence-corrected chi connectivity index (χ1v) is 5.61. The maximum absolute atomic E-state index is 13.0. The zero-order chi connectivity index (χ0) is 10.1. The van der Waals surface area contributed by atoms with Crippen molar-refractivity contribution < 1.29 is 4.39 Å². The Morgan fingerprint density at radius 1 is 1.57 bits per heavy atom. The summed E-state index contributed by atoms with van der Waals surface area (Å²) in [6.45, 7) is 1.06. The zero-order valence-corrected chi connectivity index (χ0v) is 9.64. The standard InChI is InChI=1S/C11H13BrFN/c1-14-6-8-4-9(8)7-2-3-11(13)10(12)5-7/h2-3,5,8-9,14H,4,6H2,1H3. The lowest BCUT2D eigenvalue weighted by molar-refractivity contribution is 0.619. The highest BCUT2D eigenvalue weighted by molar-refractivity contribution is 9.10. The van der Waals surface area contributed by atoms with Gasteiger partial charge in [-0.05, 0) is 65.5 Å². The van der Waals surface area contributed by atoms with Gasteiger partial charge in [0, 0.05) is 0 Å². The minimum atomic E-state index is -0.181. The molecule has 2 rings (SSSR count). The van der Waals surface area contributed by atoms with Gasteiger partial charge in [-0.1, -0.05) is 6.07 Å². The molecule has 1 aliphatic rings. The largest absolute Gasteiger partial charge is 0.319 e. The van der Waals surface area contributed by atoms with Gasteiger partial charge in [0.2, 0.25) is 0 Å². The molecule has 1 aromatic rings. The van der Waals surface area contributed by atoms with Crippen LogP contribution in [-0.2, 0) is 0 Å². The SMILES string of the molecule is CNCC1CC1c1ccc(F)c(Br)c1. The van der Waals surface area contributed by atoms with Gasteiger partial charge < -0.3 is 5.32 Å². The molecule has 2 atom stereocenters. The van der Waals surface area contributed by atoms with Gasteiger partial charge >= 0.3 is 0 Å². The van der Waals surface area contributed by atoms with Crippen LogP contribution in [0.3, 0.4) is 0 Å². The molecule has 3 heteroatoms. The van der Waals surface area contributed by atoms with Gasteiger partial charge in [-0.25, -0.2) is 4.39 Å². The van der Waals surface area contributed by atoms with Crippen LogP contribution < -0.4 is 5.32 Å². The predicted octanol–water partition coefficient (Wildman–Crippen LogP) is 2.91. The Balaban J connectivity index is 2.08. The average molecular weight is 258 g/mol. The third-order valence-electron chi connectivity index (χ3n) is 2.76. The smallest absolute Gasteiger partial charge is 0.137 e. The second-order valence-corrected chi connectivity index (χ2v) is 4.69. The van der Waals surface area contributed by atoms with Crippen LogP contribution in [0, 0.1) is 11.7 Å². The molecule has 0 aliphatic heterocycles. The molecule has 2 unspecified atom stereocenters. The van der Waals surface area contributed by atoms with Crippen LogP contribution in [0.1, 0.15) is 17.9 Å². The van der Waals surface area contributed by atoms with Crippen molar-refractivity contribution in [2.24, 2.45) is 5.92 Å². The molecule has 1 saturated carbocycles. The summed E-state index contributed by atoms with van der Waals surface area (Å²) in [4.78, 5) is 0. The quantitative estimate of drug-likeness (QED) is 0.879. The van der Waals surface area contributed by atoms with E-state index < -0.39 is 0 Å². The summed E-state index contributed by atoms with van der Waals surface area (Å²) >= 11 is 3.21. The van der Waals surface area contributed by atoms with Gasteiger partial charge in [0.15, 0.2) is 0 Å². The fourth-order valence-electron chi connectivity index (χ4n) is 1.89. The lowest BCUT2D eigenvalue weighted by atomic mass is 10.1. The van der Waals surface area contributed by atoms with E-state index in [-0.39, 0.29) is 5.82 Å². The minimum absolute atomic E-state index is 0.181. The van der Waals surface area contributed by atoms with E-state index in [2.05, 4.69) is 21.2 Å². The number of hydrogen-bond donors (Lipinski definition) is 1. The lowest BCUT2D eigenvalue weighted by Gasteiger charge is -2.01. The second kappa shape index (κ2) is 3.99. The van der Waals surface area contributed by atoms with E-state index in [1.165, 1.54) is 18.1 Å². The van der Waals surface area contributed by atoms with Crippen molar-refractivity contribution in [2.75, 3.05) is 13.6 Å². The monoisotopic (exact) mass is 257 g/mol. The van der Waals surface area contributed by atoms with Crippen LogP contribution in [-0.4, -0.2) is 13.6 Å². The van der Waals surface area contributed by atoms with E-state index in [9.17, 15) is 4.39 Å². The summed E-state index contributed by atoms with van der Waals surface area (Å²) in [5, 5.41) is 3.17. The second-order valence-electron chi connectivity index (χ2n) is 3.83. The molecule has 1 fully saturated rings. The van der Waals surface area contributed by atoms with Crippen molar-refractivity contribution in [3.05, 3.63) is 34.1 Å². The van der Waals surface area contributed by atoms with Crippen LogP contribution >= 0.6 is 15.9 Å². The first kappa shape index (κ1) is 10.1. The first-order chi connectivity index (χ1) is 6.72. The van der Waals surface area contributed by atoms with Gasteiger partial charge in [-0.15, -0.1) is 0 Å². The molecule has 1 N–H and O–H groups in total. The highest BCUT2D eigenvalue weighted by atomic mass is 79.9. The van der Waals surface area contributed by atoms with Crippen molar-refractivity contribution in [1.29, 1.82) is 0 Å². The highest BCUT2D eigenvalue weighted by Gasteiger charge is 2.37. The molecule has 0 radical (unpaired) electrons. The Labute approximate surface area is 91.8 Å². The van der Waals surface area contributed by atoms with E-state index in [1.54, 1.807) is 0 Å². The molecule has 76 valence electrons. The van der Waals surface area contributed by atoms with Crippen LogP contribution in [0.5, 0.6) is 0 Å². The summed E-state index contributed by atoms with van der Waals surface area (Å²) in [5.41, 5.74) is 1.25. The molecule has 14 heavy (non-hydrogen) atoms. The molecular formula is C11H13BrFN. The van der Waals surface area contributed by atoms with Crippen molar-refractivity contribution in [2.45, 2.75) is 12.3 Å². The molecule has 1 nitrogen and oxygen atoms in total. The fraction of sp³-hybridized carbons (Fsp3) is 0.455. The summed E-state index contributed by atoms with van der Waals surface area (Å²) in [6, 6.07) is 5.32. The fourth-order valence-corrected chi connectivity index (χ4v) is 2.28. The van der Waals surface area contributed by atoms with E-state index >= 15 is 0 Å². The van der Waals surface area contributed by atoms with Crippen molar-refractivity contribution in [3.63, 3.8) is 0 Å². The van der Waals surface area contributed by atoms with Crippen molar-refractivity contribution in [1.82, 2.24) is 5.32 Å². The first-order valence-electron chi connectivity index (χ1n) is 4.82. The maximum Gasteiger partial charge on any atom is 0.137 e. The van der Waals surface area contributed by atoms with Gasteiger partial charge in [0.05, 0.1) is 4.47 Å². The Kier molecular flexibility index (Phi) is 2.88. The normalized spacial score (nSPS) is 25.1. The van der Waals surface area contributed by atoms with Crippen LogP contribution in [0.25, 0.3) is 0 Å². The molecule has 0 spiro atoms. The molecule has 0 bridgehead atoms. The van der Waals surface area contributed by atoms with Gasteiger partial charge in [0.1, 0.15) is 5.82 Å². The summed E-state index contributed by atoms with van der Waals surface area (Å²) in [7, 11) is 1.97. The van der Waals surface area contributed by atoms with Crippen LogP contribution in [0.4, 0.5) is 4.39 Å². The molecule has 1 aliphatic carbocycles. The van der Waals surface area contributed by atoms with E-state index in [0.29, 0.717) is 10.4 Å². The number of benzene rings is 1. The third-order valence-corrected chi connectivity index (χ3v) is 3.37. The summed E-state index contributed by atoms with van der Waals surface area (Å²) < 4.78 is 13.5. The van der Waals surface area contributed by atoms with Crippen molar-refractivity contribution >= 4 is 15.9 Å². The maximum atomic E-state index is 13.0. The van der Waals surface area contributed by atoms with E-state index in [1.807, 2.05) is 19.2 Å². The minimum Gasteiger partial charge on any atom is -0.319 e. The Morgan fingerprint density at radius 3 is 3.00 bits per heavy atom. The topological polar surface area (TPSA) is 12.0 Å². The molecule has 0 aromatic heterocycles. The number of nitrogens with one attached hydrogen (secondary N) is 1. The number of hydrogen-bond acceptors (Lipinski definition) is 1. The number of rotatable bonds is 3. The van der Waals surface area contributed by atoms with Gasteiger partial charge in [-0.3, -0.25) is 0 Å². The molecule has 0 saturated heterocycles. The van der Waals surface area contributed by atoms with E-state index in [4.69, 9.17) is 0 Å². The van der Waals surface area contributed by atoms with Gasteiger partial charge in [0.25, 0.3) is 0 Å². The Morgan fingerprint density at radius 2 is 2.36 bits per heavy atom. The molecule has 0 amide bonds. The van der Waals surface area contributed by atoms with E-state index in [0.717, 1.165) is 12.5 Å². The molecule has 0 heterocycles. The average Bonchev–Trinajstić information content (AvgIpc) is 2.90. The molecular weight excluding hydrogens is 245 g/mol. The summed E-state index contributed by atoms with van der Waals surface area (Å²) in [6.07, 6.45) is 1.22. The lowest BCUT2D eigenvalue weighted by Crippen LogP contribution is -2.10. The number of halogens is 2. The summed E-state index contributed by atoms with van der Waals surface area (Å²) in [5.74, 6) is 1.18. The zero-order valence-electron chi connectivity index (χ0n) is 8.06. The van der Waals surface area contributed by atoms with Gasteiger partial charge in [-0.2, -0.15) is 0 Å². The van der Waals surface area contributed by atoms with Crippen LogP contribution in [0.2, 0.25) is 0 Å². The molecule has 1 aromatic carbocycles. The van der Waals surface area contributed by atoms with Crippen LogP contribution in [0.15, 0.2) is 22.7 Å².